The number of benzene rings is 8. The Morgan fingerprint density at radius 3 is 0.516 bits per heavy atom. The Hall–Kier alpha value is -6.12. The van der Waals surface area contributed by atoms with E-state index in [9.17, 15) is 0 Å². The second kappa shape index (κ2) is 27.8. The first-order valence-corrected chi connectivity index (χ1v) is 55.3. The van der Waals surface area contributed by atoms with E-state index >= 15 is 0 Å². The third kappa shape index (κ3) is 11.5. The van der Waals surface area contributed by atoms with Gasteiger partial charge in [-0.25, -0.2) is 0 Å². The molecule has 0 spiro atoms. The number of nitrogens with zero attached hydrogens (tertiary/aromatic N) is 2. The fourth-order valence-corrected chi connectivity index (χ4v) is 44.7. The summed E-state index contributed by atoms with van der Waals surface area (Å²) in [6.07, 6.45) is 59.4. The van der Waals surface area contributed by atoms with E-state index in [0.717, 1.165) is 189 Å². The summed E-state index contributed by atoms with van der Waals surface area (Å²) in [7, 11) is 0. The van der Waals surface area contributed by atoms with Crippen molar-refractivity contribution in [1.29, 1.82) is 0 Å². The quantitative estimate of drug-likeness (QED) is 0.0746. The summed E-state index contributed by atoms with van der Waals surface area (Å²) < 4.78 is 0. The molecule has 0 aromatic heterocycles. The molecule has 2 heteroatoms. The SMILES string of the molecule is c1ccc(-c2ccc3c(N(c4cc(C5C6CC7CC(C6)CC5C7)cc(C5C6CC7CC(C6)CC5C7)c4)c4cc(C5C6CC7CC(C6)CC5C7)cc(C5C6CC7CC(C6)CC5C7)c4)c4ccccc4c(N(c4cc(C5C6CC7CC(C6)CC5C7)cc(C5C6CC7CC(C6)CC5C7)c4)c4cc(C5C6CC7CC(C6)CC5C7)cc(C5C6CC7CC(C6)CC5C7)c4)c3c2)cc1. The molecule has 32 aliphatic rings. The number of hydrogen-bond donors (Lipinski definition) is 0. The highest BCUT2D eigenvalue weighted by atomic mass is 15.2. The van der Waals surface area contributed by atoms with E-state index in [1.807, 2.05) is 0 Å². The summed E-state index contributed by atoms with van der Waals surface area (Å²) in [5.41, 5.74) is 26.1. The van der Waals surface area contributed by atoms with Crippen molar-refractivity contribution in [2.75, 3.05) is 9.80 Å². The molecule has 32 aliphatic carbocycles. The molecule has 0 unspecified atom stereocenters. The molecule has 8 aromatic carbocycles. The maximum Gasteiger partial charge on any atom is 0.0620 e. The molecule has 0 atom stereocenters. The van der Waals surface area contributed by atoms with Crippen LogP contribution in [0.2, 0.25) is 0 Å². The van der Waals surface area contributed by atoms with Crippen molar-refractivity contribution in [3.8, 4) is 11.1 Å². The lowest BCUT2D eigenvalue weighted by Crippen LogP contribution is -2.44. The lowest BCUT2D eigenvalue weighted by atomic mass is 9.49. The van der Waals surface area contributed by atoms with Gasteiger partial charge in [0, 0.05) is 44.3 Å². The van der Waals surface area contributed by atoms with Gasteiger partial charge < -0.3 is 9.80 Å². The monoisotopic (exact) mass is 1660 g/mol. The zero-order chi connectivity index (χ0) is 81.1. The summed E-state index contributed by atoms with van der Waals surface area (Å²) in [5.74, 6) is 33.6. The van der Waals surface area contributed by atoms with Gasteiger partial charge in [0.1, 0.15) is 0 Å². The Bertz CT molecular complexity index is 5000. The highest BCUT2D eigenvalue weighted by molar-refractivity contribution is 6.24. The third-order valence-corrected chi connectivity index (χ3v) is 46.3. The molecule has 0 aliphatic heterocycles. The molecular formula is C124H144N2. The molecule has 2 nitrogen and oxygen atoms in total. The molecule has 0 heterocycles. The zero-order valence-electron chi connectivity index (χ0n) is 76.1. The average Bonchev–Trinajstić information content (AvgIpc) is 0.706. The van der Waals surface area contributed by atoms with Crippen molar-refractivity contribution in [3.05, 3.63) is 190 Å². The highest BCUT2D eigenvalue weighted by Gasteiger charge is 2.59. The topological polar surface area (TPSA) is 6.48 Å². The molecular weight excluding hydrogens is 1520 g/mol. The van der Waals surface area contributed by atoms with E-state index in [0.29, 0.717) is 47.3 Å². The first-order valence-electron chi connectivity index (χ1n) is 55.3. The van der Waals surface area contributed by atoms with Gasteiger partial charge in [-0.1, -0.05) is 91.0 Å². The fraction of sp³-hybridized carbons (Fsp3) is 0.645. The van der Waals surface area contributed by atoms with Crippen LogP contribution in [0.3, 0.4) is 0 Å². The van der Waals surface area contributed by atoms with Crippen LogP contribution >= 0.6 is 0 Å². The standard InChI is InChI=1S/C124H144N2/c1-2-6-81(7-3-1)82-10-11-113-114(64-82)124(126(109-60-103(119-91-36-73-16-74(38-91)39-92(119)37-73)54-104(61-109)120-93-40-75-17-76(42-93)43-94(120)41-75)110-62-105(121-95-44-77-18-78(46-95)47-96(121)45-77)55-106(63-110)122-97-48-79-19-80(50-97)51-98(122)49-79)112-9-5-4-8-111(112)123(113)125(107-56-99(115-83-20-65-12-66(22-83)23-84(115)21-65)52-100(57-107)116-85-24-67-13-68(26-85)27-86(116)25-67)108-58-101(117-87-28-69-14-70(30-87)31-88(117)29-69)53-102(59-108)118-89-32-71-15-72(34-89)35-90(118)33-71/h1-11,52-80,83-98,115-122H,12-51H2. The molecule has 32 saturated carbocycles. The van der Waals surface area contributed by atoms with Crippen LogP contribution in [0.1, 0.15) is 349 Å². The van der Waals surface area contributed by atoms with Crippen LogP contribution < -0.4 is 9.80 Å². The van der Waals surface area contributed by atoms with Gasteiger partial charge in [-0.15, -0.1) is 0 Å². The van der Waals surface area contributed by atoms with Crippen LogP contribution in [0.5, 0.6) is 0 Å². The lowest BCUT2D eigenvalue weighted by Gasteiger charge is -2.56. The lowest BCUT2D eigenvalue weighted by molar-refractivity contribution is -0.00510. The number of fused-ring (bicyclic) bond motifs is 2. The third-order valence-electron chi connectivity index (χ3n) is 46.3. The summed E-state index contributed by atoms with van der Waals surface area (Å²) >= 11 is 0. The first kappa shape index (κ1) is 74.4. The van der Waals surface area contributed by atoms with Crippen molar-refractivity contribution in [3.63, 3.8) is 0 Å². The van der Waals surface area contributed by atoms with Gasteiger partial charge in [-0.2, -0.15) is 0 Å². The summed E-state index contributed by atoms with van der Waals surface area (Å²) in [6, 6.07) is 67.3. The molecule has 8 aromatic rings. The van der Waals surface area contributed by atoms with E-state index in [4.69, 9.17) is 0 Å². The minimum absolute atomic E-state index is 0.657. The smallest absolute Gasteiger partial charge is 0.0620 e. The van der Waals surface area contributed by atoms with Crippen molar-refractivity contribution < 1.29 is 0 Å². The van der Waals surface area contributed by atoms with Crippen LogP contribution in [-0.4, -0.2) is 0 Å². The van der Waals surface area contributed by atoms with Crippen molar-refractivity contribution in [2.45, 2.75) is 304 Å². The van der Waals surface area contributed by atoms with Gasteiger partial charge in [0.05, 0.1) is 11.4 Å². The summed E-state index contributed by atoms with van der Waals surface area (Å²) in [4.78, 5) is 6.41. The molecule has 126 heavy (non-hydrogen) atoms. The minimum Gasteiger partial charge on any atom is -0.309 e. The van der Waals surface area contributed by atoms with Crippen LogP contribution in [0.15, 0.2) is 146 Å². The Kier molecular flexibility index (Phi) is 16.4. The highest BCUT2D eigenvalue weighted by Crippen LogP contribution is 2.72. The van der Waals surface area contributed by atoms with Gasteiger partial charge >= 0.3 is 0 Å². The van der Waals surface area contributed by atoms with E-state index in [1.165, 1.54) is 312 Å². The van der Waals surface area contributed by atoms with E-state index in [1.54, 1.807) is 55.9 Å². The van der Waals surface area contributed by atoms with Crippen LogP contribution in [0, 0.1) is 189 Å². The Morgan fingerprint density at radius 1 is 0.143 bits per heavy atom. The predicted octanol–water partition coefficient (Wildman–Crippen LogP) is 32.9. The van der Waals surface area contributed by atoms with Crippen LogP contribution in [0.25, 0.3) is 32.7 Å². The van der Waals surface area contributed by atoms with Crippen LogP contribution in [0.4, 0.5) is 34.1 Å². The molecule has 0 amide bonds. The van der Waals surface area contributed by atoms with E-state index in [2.05, 4.69) is 155 Å². The molecule has 0 saturated heterocycles. The average molecular weight is 1660 g/mol. The maximum absolute atomic E-state index is 3.21. The largest absolute Gasteiger partial charge is 0.309 e. The minimum atomic E-state index is 0.657. The summed E-state index contributed by atoms with van der Waals surface area (Å²) in [5, 5.41) is 5.94. The molecule has 650 valence electrons. The molecule has 0 radical (unpaired) electrons. The van der Waals surface area contributed by atoms with Crippen LogP contribution in [-0.2, 0) is 0 Å². The second-order valence-electron chi connectivity index (χ2n) is 53.1. The molecule has 32 bridgehead atoms. The Morgan fingerprint density at radius 2 is 0.317 bits per heavy atom. The van der Waals surface area contributed by atoms with Gasteiger partial charge in [0.2, 0.25) is 0 Å². The number of rotatable bonds is 15. The molecule has 40 rings (SSSR count). The molecule has 0 N–H and O–H groups in total. The van der Waals surface area contributed by atoms with Gasteiger partial charge in [-0.05, 0) is 604 Å². The van der Waals surface area contributed by atoms with Crippen molar-refractivity contribution >= 4 is 55.7 Å². The van der Waals surface area contributed by atoms with Crippen molar-refractivity contribution in [1.82, 2.24) is 0 Å². The maximum atomic E-state index is 3.21. The number of hydrogen-bond acceptors (Lipinski definition) is 2. The van der Waals surface area contributed by atoms with E-state index < -0.39 is 0 Å². The first-order chi connectivity index (χ1) is 62.1. The summed E-state index contributed by atoms with van der Waals surface area (Å²) in [6.45, 7) is 0. The second-order valence-corrected chi connectivity index (χ2v) is 53.1. The number of anilines is 6. The zero-order valence-corrected chi connectivity index (χ0v) is 76.1. The Balaban J connectivity index is 0.685. The predicted molar refractivity (Wildman–Crippen MR) is 515 cm³/mol. The normalized spacial score (nSPS) is 46.6. The fourth-order valence-electron chi connectivity index (χ4n) is 44.7. The molecule has 32 fully saturated rings. The Labute approximate surface area is 755 Å². The van der Waals surface area contributed by atoms with Gasteiger partial charge in [0.15, 0.2) is 0 Å². The van der Waals surface area contributed by atoms with E-state index in [-0.39, 0.29) is 0 Å². The van der Waals surface area contributed by atoms with Gasteiger partial charge in [0.25, 0.3) is 0 Å². The van der Waals surface area contributed by atoms with Gasteiger partial charge in [-0.3, -0.25) is 0 Å². The van der Waals surface area contributed by atoms with Crippen molar-refractivity contribution in [2.24, 2.45) is 189 Å².